The lowest BCUT2D eigenvalue weighted by atomic mass is 9.98. The number of rotatable bonds is 4. The van der Waals surface area contributed by atoms with E-state index in [0.29, 0.717) is 0 Å². The van der Waals surface area contributed by atoms with E-state index < -0.39 is 0 Å². The zero-order valence-corrected chi connectivity index (χ0v) is 10.3. The molecule has 1 aromatic heterocycles. The van der Waals surface area contributed by atoms with Crippen molar-refractivity contribution in [2.45, 2.75) is 19.4 Å². The van der Waals surface area contributed by atoms with Gasteiger partial charge in [-0.1, -0.05) is 6.07 Å². The van der Waals surface area contributed by atoms with E-state index in [9.17, 15) is 0 Å². The van der Waals surface area contributed by atoms with Crippen molar-refractivity contribution < 1.29 is 0 Å². The maximum atomic E-state index is 4.10. The van der Waals surface area contributed by atoms with Crippen molar-refractivity contribution in [3.8, 4) is 0 Å². The number of halogens is 1. The maximum absolute atomic E-state index is 4.10. The molecule has 90 valence electrons. The standard InChI is InChI=1S/C12H19N3.ClH/c1-2-12(9-14-5-1)10-15-8-11-3-6-13-7-4-11;/h1-2,5,9,11,13,15H,3-4,6-8,10H2;1H. The van der Waals surface area contributed by atoms with Crippen LogP contribution >= 0.6 is 12.4 Å². The lowest BCUT2D eigenvalue weighted by Crippen LogP contribution is -2.33. The first-order chi connectivity index (χ1) is 7.45. The highest BCUT2D eigenvalue weighted by Gasteiger charge is 2.11. The minimum absolute atomic E-state index is 0. The fourth-order valence-electron chi connectivity index (χ4n) is 2.01. The third-order valence-electron chi connectivity index (χ3n) is 2.94. The number of nitrogens with zero attached hydrogens (tertiary/aromatic N) is 1. The minimum atomic E-state index is 0. The molecule has 0 saturated carbocycles. The smallest absolute Gasteiger partial charge is 0.0312 e. The van der Waals surface area contributed by atoms with Crippen molar-refractivity contribution in [2.24, 2.45) is 5.92 Å². The topological polar surface area (TPSA) is 37.0 Å². The normalized spacial score (nSPS) is 16.8. The summed E-state index contributed by atoms with van der Waals surface area (Å²) in [5, 5.41) is 6.89. The van der Waals surface area contributed by atoms with E-state index in [4.69, 9.17) is 0 Å². The van der Waals surface area contributed by atoms with Crippen LogP contribution in [0.3, 0.4) is 0 Å². The predicted molar refractivity (Wildman–Crippen MR) is 68.8 cm³/mol. The van der Waals surface area contributed by atoms with Crippen LogP contribution in [0, 0.1) is 5.92 Å². The Labute approximate surface area is 103 Å². The lowest BCUT2D eigenvalue weighted by Gasteiger charge is -2.22. The molecule has 2 heterocycles. The molecule has 0 bridgehead atoms. The fourth-order valence-corrected chi connectivity index (χ4v) is 2.01. The predicted octanol–water partition coefficient (Wildman–Crippen LogP) is 1.59. The summed E-state index contributed by atoms with van der Waals surface area (Å²) >= 11 is 0. The number of pyridine rings is 1. The van der Waals surface area contributed by atoms with Gasteiger partial charge in [-0.2, -0.15) is 0 Å². The van der Waals surface area contributed by atoms with Crippen LogP contribution in [0.25, 0.3) is 0 Å². The summed E-state index contributed by atoms with van der Waals surface area (Å²) in [6.45, 7) is 4.44. The van der Waals surface area contributed by atoms with E-state index in [1.54, 1.807) is 0 Å². The van der Waals surface area contributed by atoms with E-state index in [-0.39, 0.29) is 12.4 Å². The van der Waals surface area contributed by atoms with Crippen LogP contribution in [0.15, 0.2) is 24.5 Å². The van der Waals surface area contributed by atoms with Crippen LogP contribution in [-0.2, 0) is 6.54 Å². The van der Waals surface area contributed by atoms with Crippen LogP contribution in [0.2, 0.25) is 0 Å². The van der Waals surface area contributed by atoms with E-state index in [1.807, 2.05) is 18.5 Å². The van der Waals surface area contributed by atoms with Gasteiger partial charge in [0.05, 0.1) is 0 Å². The summed E-state index contributed by atoms with van der Waals surface area (Å²) < 4.78 is 0. The number of piperidine rings is 1. The van der Waals surface area contributed by atoms with Gasteiger partial charge in [-0.15, -0.1) is 12.4 Å². The minimum Gasteiger partial charge on any atom is -0.317 e. The zero-order chi connectivity index (χ0) is 10.3. The third kappa shape index (κ3) is 4.47. The van der Waals surface area contributed by atoms with Crippen LogP contribution in [0.1, 0.15) is 18.4 Å². The average molecular weight is 242 g/mol. The molecule has 1 aliphatic rings. The maximum Gasteiger partial charge on any atom is 0.0312 e. The molecule has 16 heavy (non-hydrogen) atoms. The van der Waals surface area contributed by atoms with Crippen LogP contribution in [-0.4, -0.2) is 24.6 Å². The summed E-state index contributed by atoms with van der Waals surface area (Å²) in [6, 6.07) is 4.10. The van der Waals surface area contributed by atoms with Gasteiger partial charge in [0.1, 0.15) is 0 Å². The second-order valence-electron chi connectivity index (χ2n) is 4.19. The van der Waals surface area contributed by atoms with Crippen molar-refractivity contribution in [2.75, 3.05) is 19.6 Å². The van der Waals surface area contributed by atoms with Crippen molar-refractivity contribution in [1.29, 1.82) is 0 Å². The molecule has 2 N–H and O–H groups in total. The Morgan fingerprint density at radius 2 is 2.19 bits per heavy atom. The van der Waals surface area contributed by atoms with Crippen molar-refractivity contribution in [3.63, 3.8) is 0 Å². The van der Waals surface area contributed by atoms with Crippen LogP contribution < -0.4 is 10.6 Å². The van der Waals surface area contributed by atoms with Crippen LogP contribution in [0.5, 0.6) is 0 Å². The monoisotopic (exact) mass is 241 g/mol. The number of hydrogen-bond acceptors (Lipinski definition) is 3. The highest BCUT2D eigenvalue weighted by atomic mass is 35.5. The van der Waals surface area contributed by atoms with Crippen molar-refractivity contribution >= 4 is 12.4 Å². The second-order valence-corrected chi connectivity index (χ2v) is 4.19. The Morgan fingerprint density at radius 1 is 1.38 bits per heavy atom. The summed E-state index contributed by atoms with van der Waals surface area (Å²) in [6.07, 6.45) is 6.35. The molecule has 1 aromatic rings. The van der Waals surface area contributed by atoms with E-state index in [0.717, 1.165) is 19.0 Å². The Hall–Kier alpha value is -0.640. The van der Waals surface area contributed by atoms with E-state index in [1.165, 1.54) is 31.5 Å². The Morgan fingerprint density at radius 3 is 2.88 bits per heavy atom. The summed E-state index contributed by atoms with van der Waals surface area (Å²) in [5.41, 5.74) is 1.27. The van der Waals surface area contributed by atoms with Crippen LogP contribution in [0.4, 0.5) is 0 Å². The highest BCUT2D eigenvalue weighted by Crippen LogP contribution is 2.10. The molecule has 3 nitrogen and oxygen atoms in total. The third-order valence-corrected chi connectivity index (χ3v) is 2.94. The van der Waals surface area contributed by atoms with Crippen molar-refractivity contribution in [1.82, 2.24) is 15.6 Å². The van der Waals surface area contributed by atoms with Gasteiger partial charge < -0.3 is 10.6 Å². The fraction of sp³-hybridized carbons (Fsp3) is 0.583. The van der Waals surface area contributed by atoms with Gasteiger partial charge in [-0.3, -0.25) is 4.98 Å². The van der Waals surface area contributed by atoms with Gasteiger partial charge in [0.2, 0.25) is 0 Å². The number of nitrogens with one attached hydrogen (secondary N) is 2. The molecule has 4 heteroatoms. The molecular weight excluding hydrogens is 222 g/mol. The first-order valence-corrected chi connectivity index (χ1v) is 5.75. The summed E-state index contributed by atoms with van der Waals surface area (Å²) in [7, 11) is 0. The second kappa shape index (κ2) is 7.60. The zero-order valence-electron chi connectivity index (χ0n) is 9.48. The van der Waals surface area contributed by atoms with Gasteiger partial charge in [0.25, 0.3) is 0 Å². The molecule has 1 fully saturated rings. The van der Waals surface area contributed by atoms with E-state index >= 15 is 0 Å². The average Bonchev–Trinajstić information content (AvgIpc) is 2.32. The SMILES string of the molecule is Cl.c1cncc(CNCC2CCNCC2)c1. The van der Waals surface area contributed by atoms with Gasteiger partial charge in [0, 0.05) is 18.9 Å². The molecule has 0 amide bonds. The molecule has 0 spiro atoms. The Balaban J connectivity index is 0.00000128. The molecule has 1 aliphatic heterocycles. The lowest BCUT2D eigenvalue weighted by molar-refractivity contribution is 0.356. The van der Waals surface area contributed by atoms with Gasteiger partial charge >= 0.3 is 0 Å². The Kier molecular flexibility index (Phi) is 6.38. The first-order valence-electron chi connectivity index (χ1n) is 5.75. The molecular formula is C12H20ClN3. The quantitative estimate of drug-likeness (QED) is 0.841. The Bertz CT molecular complexity index is 273. The molecule has 0 aromatic carbocycles. The largest absolute Gasteiger partial charge is 0.317 e. The number of hydrogen-bond donors (Lipinski definition) is 2. The van der Waals surface area contributed by atoms with Crippen molar-refractivity contribution in [3.05, 3.63) is 30.1 Å². The van der Waals surface area contributed by atoms with Gasteiger partial charge in [-0.05, 0) is 50.0 Å². The molecule has 2 rings (SSSR count). The summed E-state index contributed by atoms with van der Waals surface area (Å²) in [4.78, 5) is 4.10. The van der Waals surface area contributed by atoms with Gasteiger partial charge in [-0.25, -0.2) is 0 Å². The summed E-state index contributed by atoms with van der Waals surface area (Å²) in [5.74, 6) is 0.850. The molecule has 0 radical (unpaired) electrons. The van der Waals surface area contributed by atoms with Gasteiger partial charge in [0.15, 0.2) is 0 Å². The molecule has 0 atom stereocenters. The molecule has 0 aliphatic carbocycles. The molecule has 1 saturated heterocycles. The van der Waals surface area contributed by atoms with E-state index in [2.05, 4.69) is 21.7 Å². The first kappa shape index (κ1) is 13.4. The molecule has 0 unspecified atom stereocenters. The highest BCUT2D eigenvalue weighted by molar-refractivity contribution is 5.85. The number of aromatic nitrogens is 1.